The van der Waals surface area contributed by atoms with E-state index in [1.165, 1.54) is 24.3 Å². The molecule has 140 valence electrons. The van der Waals surface area contributed by atoms with E-state index < -0.39 is 0 Å². The maximum atomic E-state index is 13.2. The summed E-state index contributed by atoms with van der Waals surface area (Å²) in [4.78, 5) is 16.2. The van der Waals surface area contributed by atoms with Crippen molar-refractivity contribution in [2.75, 3.05) is 7.11 Å². The molecule has 0 radical (unpaired) electrons. The van der Waals surface area contributed by atoms with E-state index >= 15 is 0 Å². The Balaban J connectivity index is 1.74. The first-order valence-electron chi connectivity index (χ1n) is 9.14. The number of ketones is 1. The van der Waals surface area contributed by atoms with Crippen LogP contribution in [0.5, 0.6) is 5.75 Å². The molecule has 1 heterocycles. The number of Topliss-reactive ketones (excluding diaryl/α,β-unsaturated/α-hetero) is 1. The fraction of sp³-hybridized carbons (Fsp3) is 0.125. The highest BCUT2D eigenvalue weighted by Gasteiger charge is 2.22. The molecule has 4 rings (SSSR count). The number of para-hydroxylation sites is 1. The predicted octanol–water partition coefficient (Wildman–Crippen LogP) is 5.72. The van der Waals surface area contributed by atoms with Gasteiger partial charge in [-0.05, 0) is 53.6 Å². The lowest BCUT2D eigenvalue weighted by atomic mass is 9.85. The largest absolute Gasteiger partial charge is 0.497 e. The summed E-state index contributed by atoms with van der Waals surface area (Å²) < 4.78 is 18.5. The normalized spacial score (nSPS) is 12.1. The average Bonchev–Trinajstić information content (AvgIpc) is 3.16. The maximum Gasteiger partial charge on any atom is 0.163 e. The smallest absolute Gasteiger partial charge is 0.163 e. The minimum Gasteiger partial charge on any atom is -0.497 e. The minimum atomic E-state index is -0.347. The molecule has 0 aliphatic carbocycles. The van der Waals surface area contributed by atoms with Gasteiger partial charge in [0.15, 0.2) is 5.78 Å². The van der Waals surface area contributed by atoms with Crippen LogP contribution in [0.2, 0.25) is 0 Å². The highest BCUT2D eigenvalue weighted by Crippen LogP contribution is 2.35. The van der Waals surface area contributed by atoms with Crippen molar-refractivity contribution in [1.82, 2.24) is 4.98 Å². The van der Waals surface area contributed by atoms with Crippen molar-refractivity contribution in [2.45, 2.75) is 12.3 Å². The van der Waals surface area contributed by atoms with E-state index in [4.69, 9.17) is 4.74 Å². The summed E-state index contributed by atoms with van der Waals surface area (Å²) in [6, 6.07) is 21.6. The van der Waals surface area contributed by atoms with E-state index in [2.05, 4.69) is 11.1 Å². The molecule has 28 heavy (non-hydrogen) atoms. The van der Waals surface area contributed by atoms with Crippen LogP contribution in [-0.4, -0.2) is 17.9 Å². The first-order valence-corrected chi connectivity index (χ1v) is 9.14. The number of ether oxygens (including phenoxy) is 1. The van der Waals surface area contributed by atoms with E-state index in [1.807, 2.05) is 48.7 Å². The molecular formula is C24H20FNO2. The van der Waals surface area contributed by atoms with Crippen molar-refractivity contribution >= 4 is 16.7 Å². The number of fused-ring (bicyclic) bond motifs is 1. The van der Waals surface area contributed by atoms with Gasteiger partial charge in [0, 0.05) is 35.0 Å². The van der Waals surface area contributed by atoms with Gasteiger partial charge in [-0.1, -0.05) is 30.3 Å². The van der Waals surface area contributed by atoms with Crippen LogP contribution in [0.4, 0.5) is 4.39 Å². The molecule has 0 aliphatic heterocycles. The molecule has 0 spiro atoms. The maximum absolute atomic E-state index is 13.2. The lowest BCUT2D eigenvalue weighted by Gasteiger charge is -2.17. The van der Waals surface area contributed by atoms with Gasteiger partial charge in [-0.3, -0.25) is 4.79 Å². The van der Waals surface area contributed by atoms with Gasteiger partial charge in [0.25, 0.3) is 0 Å². The Kier molecular flexibility index (Phi) is 4.94. The highest BCUT2D eigenvalue weighted by molar-refractivity contribution is 5.97. The number of halogens is 1. The number of rotatable bonds is 6. The average molecular weight is 373 g/mol. The molecule has 0 fully saturated rings. The van der Waals surface area contributed by atoms with Crippen molar-refractivity contribution in [3.63, 3.8) is 0 Å². The molecule has 3 aromatic carbocycles. The van der Waals surface area contributed by atoms with Crippen molar-refractivity contribution in [2.24, 2.45) is 0 Å². The summed E-state index contributed by atoms with van der Waals surface area (Å²) in [6.07, 6.45) is 2.26. The number of carbonyl (C=O) groups excluding carboxylic acids is 1. The number of methoxy groups -OCH3 is 1. The van der Waals surface area contributed by atoms with Gasteiger partial charge in [-0.2, -0.15) is 0 Å². The van der Waals surface area contributed by atoms with Crippen LogP contribution in [0, 0.1) is 5.82 Å². The van der Waals surface area contributed by atoms with Gasteiger partial charge < -0.3 is 9.72 Å². The van der Waals surface area contributed by atoms with E-state index in [0.29, 0.717) is 12.0 Å². The molecule has 0 saturated heterocycles. The molecule has 0 aliphatic rings. The van der Waals surface area contributed by atoms with E-state index in [-0.39, 0.29) is 17.5 Å². The van der Waals surface area contributed by atoms with Gasteiger partial charge in [0.05, 0.1) is 7.11 Å². The monoisotopic (exact) mass is 373 g/mol. The number of hydrogen-bond donors (Lipinski definition) is 1. The molecule has 1 atom stereocenters. The number of aromatic amines is 1. The van der Waals surface area contributed by atoms with Gasteiger partial charge in [0.1, 0.15) is 11.6 Å². The zero-order valence-electron chi connectivity index (χ0n) is 15.5. The SMILES string of the molecule is COc1ccc([C@@H](CC(=O)c2ccc(F)cc2)c2c[nH]c3ccccc23)cc1. The third kappa shape index (κ3) is 3.54. The van der Waals surface area contributed by atoms with E-state index in [0.717, 1.165) is 27.8 Å². The van der Waals surface area contributed by atoms with Crippen molar-refractivity contribution in [1.29, 1.82) is 0 Å². The molecular weight excluding hydrogens is 353 g/mol. The number of carbonyl (C=O) groups is 1. The summed E-state index contributed by atoms with van der Waals surface area (Å²) in [5.74, 6) is 0.275. The van der Waals surface area contributed by atoms with Crippen LogP contribution in [0.1, 0.15) is 33.8 Å². The molecule has 0 amide bonds. The predicted molar refractivity (Wildman–Crippen MR) is 108 cm³/mol. The molecule has 0 unspecified atom stereocenters. The minimum absolute atomic E-state index is 0.0221. The number of benzene rings is 3. The number of hydrogen-bond acceptors (Lipinski definition) is 2. The Morgan fingerprint density at radius 2 is 1.71 bits per heavy atom. The van der Waals surface area contributed by atoms with E-state index in [9.17, 15) is 9.18 Å². The number of H-pyrrole nitrogens is 1. The third-order valence-corrected chi connectivity index (χ3v) is 5.07. The first-order chi connectivity index (χ1) is 13.7. The van der Waals surface area contributed by atoms with Crippen LogP contribution in [0.15, 0.2) is 79.0 Å². The van der Waals surface area contributed by atoms with Gasteiger partial charge in [-0.25, -0.2) is 4.39 Å². The van der Waals surface area contributed by atoms with Crippen molar-refractivity contribution < 1.29 is 13.9 Å². The second-order valence-corrected chi connectivity index (χ2v) is 6.75. The standard InChI is InChI=1S/C24H20FNO2/c1-28-19-12-8-16(9-13-19)21(14-24(27)17-6-10-18(25)11-7-17)22-15-26-23-5-3-2-4-20(22)23/h2-13,15,21,26H,14H2,1H3/t21-/m1/s1. The fourth-order valence-corrected chi connectivity index (χ4v) is 3.56. The third-order valence-electron chi connectivity index (χ3n) is 5.07. The molecule has 0 saturated carbocycles. The number of nitrogens with one attached hydrogen (secondary N) is 1. The van der Waals surface area contributed by atoms with Crippen molar-refractivity contribution in [3.05, 3.63) is 102 Å². The Labute approximate surface area is 162 Å². The summed E-state index contributed by atoms with van der Waals surface area (Å²) in [6.45, 7) is 0. The lowest BCUT2D eigenvalue weighted by Crippen LogP contribution is -2.09. The molecule has 4 heteroatoms. The Hall–Kier alpha value is -3.40. The van der Waals surface area contributed by atoms with Gasteiger partial charge in [0.2, 0.25) is 0 Å². The second-order valence-electron chi connectivity index (χ2n) is 6.75. The van der Waals surface area contributed by atoms with Gasteiger partial charge >= 0.3 is 0 Å². The van der Waals surface area contributed by atoms with Crippen molar-refractivity contribution in [3.8, 4) is 5.75 Å². The van der Waals surface area contributed by atoms with Crippen LogP contribution >= 0.6 is 0 Å². The molecule has 0 bridgehead atoms. The molecule has 1 N–H and O–H groups in total. The van der Waals surface area contributed by atoms with E-state index in [1.54, 1.807) is 7.11 Å². The van der Waals surface area contributed by atoms with Crippen LogP contribution in [0.3, 0.4) is 0 Å². The van der Waals surface area contributed by atoms with Crippen LogP contribution in [0.25, 0.3) is 10.9 Å². The quantitative estimate of drug-likeness (QED) is 0.439. The van der Waals surface area contributed by atoms with Crippen LogP contribution < -0.4 is 4.74 Å². The Bertz CT molecular complexity index is 1100. The van der Waals surface area contributed by atoms with Gasteiger partial charge in [-0.15, -0.1) is 0 Å². The Morgan fingerprint density at radius 3 is 2.43 bits per heavy atom. The highest BCUT2D eigenvalue weighted by atomic mass is 19.1. The fourth-order valence-electron chi connectivity index (χ4n) is 3.56. The zero-order chi connectivity index (χ0) is 19.5. The zero-order valence-corrected chi connectivity index (χ0v) is 15.5. The Morgan fingerprint density at radius 1 is 1.00 bits per heavy atom. The van der Waals surface area contributed by atoms with Crippen LogP contribution in [-0.2, 0) is 0 Å². The summed E-state index contributed by atoms with van der Waals surface area (Å²) in [5.41, 5.74) is 3.64. The molecule has 3 nitrogen and oxygen atoms in total. The summed E-state index contributed by atoms with van der Waals surface area (Å²) in [7, 11) is 1.63. The number of aromatic nitrogens is 1. The molecule has 1 aromatic heterocycles. The second kappa shape index (κ2) is 7.69. The lowest BCUT2D eigenvalue weighted by molar-refractivity contribution is 0.0977. The molecule has 4 aromatic rings. The summed E-state index contributed by atoms with van der Waals surface area (Å²) >= 11 is 0. The topological polar surface area (TPSA) is 42.1 Å². The first kappa shape index (κ1) is 18.0. The summed E-state index contributed by atoms with van der Waals surface area (Å²) in [5, 5.41) is 1.09.